The van der Waals surface area contributed by atoms with E-state index in [4.69, 9.17) is 10.4 Å². The van der Waals surface area contributed by atoms with Crippen molar-refractivity contribution in [2.45, 2.75) is 13.0 Å². The SMILES string of the molecule is CC(O)CNc1ccc([N+](=O)[O-])c(C#N)c1. The quantitative estimate of drug-likeness (QED) is 0.589. The second kappa shape index (κ2) is 5.09. The lowest BCUT2D eigenvalue weighted by Gasteiger charge is -2.08. The number of anilines is 1. The number of nitro groups is 1. The van der Waals surface area contributed by atoms with Crippen LogP contribution >= 0.6 is 0 Å². The van der Waals surface area contributed by atoms with Gasteiger partial charge in [0.2, 0.25) is 0 Å². The van der Waals surface area contributed by atoms with E-state index in [-0.39, 0.29) is 11.3 Å². The summed E-state index contributed by atoms with van der Waals surface area (Å²) in [6.45, 7) is 1.94. The number of nitrogens with one attached hydrogen (secondary N) is 1. The average molecular weight is 221 g/mol. The summed E-state index contributed by atoms with van der Waals surface area (Å²) in [4.78, 5) is 9.95. The van der Waals surface area contributed by atoms with Crippen LogP contribution in [0.25, 0.3) is 0 Å². The molecule has 0 amide bonds. The summed E-state index contributed by atoms with van der Waals surface area (Å²) < 4.78 is 0. The molecule has 1 rings (SSSR count). The van der Waals surface area contributed by atoms with Gasteiger partial charge in [0.15, 0.2) is 0 Å². The number of benzene rings is 1. The third-order valence-corrected chi connectivity index (χ3v) is 1.92. The molecule has 0 fully saturated rings. The Morgan fingerprint density at radius 2 is 2.38 bits per heavy atom. The summed E-state index contributed by atoms with van der Waals surface area (Å²) >= 11 is 0. The lowest BCUT2D eigenvalue weighted by Crippen LogP contribution is -2.15. The van der Waals surface area contributed by atoms with Crippen LogP contribution in [-0.2, 0) is 0 Å². The average Bonchev–Trinajstić information content (AvgIpc) is 2.25. The largest absolute Gasteiger partial charge is 0.392 e. The van der Waals surface area contributed by atoms with Gasteiger partial charge in [-0.15, -0.1) is 0 Å². The molecule has 0 bridgehead atoms. The molecule has 84 valence electrons. The molecule has 6 nitrogen and oxygen atoms in total. The molecule has 6 heteroatoms. The monoisotopic (exact) mass is 221 g/mol. The van der Waals surface area contributed by atoms with E-state index in [1.54, 1.807) is 13.0 Å². The molecule has 1 atom stereocenters. The highest BCUT2D eigenvalue weighted by Gasteiger charge is 2.13. The molecule has 0 saturated heterocycles. The Bertz CT molecular complexity index is 437. The van der Waals surface area contributed by atoms with E-state index in [1.165, 1.54) is 18.2 Å². The van der Waals surface area contributed by atoms with E-state index >= 15 is 0 Å². The van der Waals surface area contributed by atoms with Gasteiger partial charge in [0, 0.05) is 18.3 Å². The maximum absolute atomic E-state index is 10.6. The van der Waals surface area contributed by atoms with Crippen LogP contribution < -0.4 is 5.32 Å². The topological polar surface area (TPSA) is 99.2 Å². The lowest BCUT2D eigenvalue weighted by molar-refractivity contribution is -0.385. The number of hydrogen-bond acceptors (Lipinski definition) is 5. The Hall–Kier alpha value is -2.13. The Labute approximate surface area is 92.3 Å². The van der Waals surface area contributed by atoms with Gasteiger partial charge in [-0.25, -0.2) is 0 Å². The minimum absolute atomic E-state index is 0.000549. The highest BCUT2D eigenvalue weighted by atomic mass is 16.6. The molecule has 0 aromatic heterocycles. The minimum Gasteiger partial charge on any atom is -0.392 e. The number of aliphatic hydroxyl groups is 1. The van der Waals surface area contributed by atoms with Gasteiger partial charge in [0.1, 0.15) is 11.6 Å². The second-order valence-corrected chi connectivity index (χ2v) is 3.33. The maximum atomic E-state index is 10.6. The van der Waals surface area contributed by atoms with Gasteiger partial charge in [-0.1, -0.05) is 0 Å². The smallest absolute Gasteiger partial charge is 0.287 e. The predicted octanol–water partition coefficient (Wildman–Crippen LogP) is 1.26. The summed E-state index contributed by atoms with van der Waals surface area (Å²) in [6, 6.07) is 5.92. The molecule has 0 saturated carbocycles. The molecule has 16 heavy (non-hydrogen) atoms. The van der Waals surface area contributed by atoms with E-state index in [1.807, 2.05) is 0 Å². The third kappa shape index (κ3) is 2.93. The fraction of sp³-hybridized carbons (Fsp3) is 0.300. The lowest BCUT2D eigenvalue weighted by atomic mass is 10.1. The molecule has 0 aliphatic carbocycles. The van der Waals surface area contributed by atoms with Crippen LogP contribution in [0.15, 0.2) is 18.2 Å². The number of nitro benzene ring substituents is 1. The van der Waals surface area contributed by atoms with Crippen LogP contribution in [-0.4, -0.2) is 22.7 Å². The van der Waals surface area contributed by atoms with E-state index < -0.39 is 11.0 Å². The van der Waals surface area contributed by atoms with Crippen LogP contribution in [0.1, 0.15) is 12.5 Å². The Morgan fingerprint density at radius 1 is 1.69 bits per heavy atom. The molecule has 0 spiro atoms. The molecule has 1 aromatic carbocycles. The van der Waals surface area contributed by atoms with E-state index in [9.17, 15) is 10.1 Å². The van der Waals surface area contributed by atoms with Crippen LogP contribution in [0.5, 0.6) is 0 Å². The first kappa shape index (κ1) is 11.9. The second-order valence-electron chi connectivity index (χ2n) is 3.33. The summed E-state index contributed by atoms with van der Waals surface area (Å²) in [6.07, 6.45) is -0.527. The molecule has 1 aromatic rings. The van der Waals surface area contributed by atoms with Gasteiger partial charge in [0.05, 0.1) is 11.0 Å². The van der Waals surface area contributed by atoms with Crippen molar-refractivity contribution in [1.29, 1.82) is 5.26 Å². The van der Waals surface area contributed by atoms with Crippen molar-refractivity contribution in [1.82, 2.24) is 0 Å². The molecule has 1 unspecified atom stereocenters. The van der Waals surface area contributed by atoms with Crippen molar-refractivity contribution >= 4 is 11.4 Å². The minimum atomic E-state index is -0.600. The first-order chi connectivity index (χ1) is 7.54. The number of aliphatic hydroxyl groups excluding tert-OH is 1. The van der Waals surface area contributed by atoms with Gasteiger partial charge >= 0.3 is 0 Å². The molecule has 2 N–H and O–H groups in total. The van der Waals surface area contributed by atoms with Gasteiger partial charge < -0.3 is 10.4 Å². The molecular weight excluding hydrogens is 210 g/mol. The zero-order valence-electron chi connectivity index (χ0n) is 8.67. The first-order valence-electron chi connectivity index (χ1n) is 4.65. The van der Waals surface area contributed by atoms with Crippen LogP contribution in [0.4, 0.5) is 11.4 Å². The molecular formula is C10H11N3O3. The molecule has 0 radical (unpaired) electrons. The summed E-state index contributed by atoms with van der Waals surface area (Å²) in [7, 11) is 0. The fourth-order valence-electron chi connectivity index (χ4n) is 1.16. The van der Waals surface area contributed by atoms with Gasteiger partial charge in [-0.2, -0.15) is 5.26 Å². The summed E-state index contributed by atoms with van der Waals surface area (Å²) in [5.41, 5.74) is 0.355. The molecule has 0 aliphatic heterocycles. The number of nitriles is 1. The highest BCUT2D eigenvalue weighted by molar-refractivity contribution is 5.58. The zero-order valence-corrected chi connectivity index (χ0v) is 8.67. The van der Waals surface area contributed by atoms with Crippen molar-refractivity contribution < 1.29 is 10.0 Å². The third-order valence-electron chi connectivity index (χ3n) is 1.92. The van der Waals surface area contributed by atoms with Crippen LogP contribution in [0.3, 0.4) is 0 Å². The Balaban J connectivity index is 2.92. The summed E-state index contributed by atoms with van der Waals surface area (Å²) in [5, 5.41) is 31.2. The van der Waals surface area contributed by atoms with E-state index in [2.05, 4.69) is 5.32 Å². The Morgan fingerprint density at radius 3 is 2.88 bits per heavy atom. The van der Waals surface area contributed by atoms with Crippen LogP contribution in [0.2, 0.25) is 0 Å². The zero-order chi connectivity index (χ0) is 12.1. The number of rotatable bonds is 4. The predicted molar refractivity (Wildman–Crippen MR) is 58.0 cm³/mol. The van der Waals surface area contributed by atoms with E-state index in [0.717, 1.165) is 0 Å². The standard InChI is InChI=1S/C10H11N3O3/c1-7(14)6-12-9-2-3-10(13(15)16)8(4-9)5-11/h2-4,7,12,14H,6H2,1H3. The van der Waals surface area contributed by atoms with Crippen LogP contribution in [0, 0.1) is 21.4 Å². The van der Waals surface area contributed by atoms with Crippen molar-refractivity contribution in [2.75, 3.05) is 11.9 Å². The molecule has 0 heterocycles. The normalized spacial score (nSPS) is 11.6. The highest BCUT2D eigenvalue weighted by Crippen LogP contribution is 2.21. The van der Waals surface area contributed by atoms with E-state index in [0.29, 0.717) is 12.2 Å². The van der Waals surface area contributed by atoms with Gasteiger partial charge in [-0.3, -0.25) is 10.1 Å². The fourth-order valence-corrected chi connectivity index (χ4v) is 1.16. The van der Waals surface area contributed by atoms with Crippen molar-refractivity contribution in [2.24, 2.45) is 0 Å². The maximum Gasteiger partial charge on any atom is 0.287 e. The number of nitrogens with zero attached hydrogens (tertiary/aromatic N) is 2. The van der Waals surface area contributed by atoms with Crippen molar-refractivity contribution in [3.63, 3.8) is 0 Å². The van der Waals surface area contributed by atoms with Crippen molar-refractivity contribution in [3.05, 3.63) is 33.9 Å². The Kier molecular flexibility index (Phi) is 3.80. The van der Waals surface area contributed by atoms with Gasteiger partial charge in [0.25, 0.3) is 5.69 Å². The number of hydrogen-bond donors (Lipinski definition) is 2. The van der Waals surface area contributed by atoms with Gasteiger partial charge in [-0.05, 0) is 19.1 Å². The molecule has 0 aliphatic rings. The van der Waals surface area contributed by atoms with Crippen molar-refractivity contribution in [3.8, 4) is 6.07 Å². The first-order valence-corrected chi connectivity index (χ1v) is 4.65. The summed E-state index contributed by atoms with van der Waals surface area (Å²) in [5.74, 6) is 0.